The number of nitrogens with zero attached hydrogens (tertiary/aromatic N) is 1. The van der Waals surface area contributed by atoms with Crippen molar-refractivity contribution in [1.82, 2.24) is 0 Å². The zero-order chi connectivity index (χ0) is 10.9. The van der Waals surface area contributed by atoms with E-state index in [-0.39, 0.29) is 10.6 Å². The van der Waals surface area contributed by atoms with Gasteiger partial charge >= 0.3 is 0 Å². The number of hydrogen-bond acceptors (Lipinski definition) is 2. The highest BCUT2D eigenvalue weighted by Crippen LogP contribution is 2.16. The number of hydrogen-bond donors (Lipinski definition) is 1. The minimum Gasteiger partial charge on any atom is -0.411 e. The molecule has 0 heterocycles. The molecular weight excluding hydrogens is 169 g/mol. The van der Waals surface area contributed by atoms with Gasteiger partial charge in [0.2, 0.25) is 0 Å². The van der Waals surface area contributed by atoms with Crippen molar-refractivity contribution in [3.8, 4) is 0 Å². The lowest BCUT2D eigenvalue weighted by Crippen LogP contribution is -1.88. The second-order valence-electron chi connectivity index (χ2n) is 1.66. The van der Waals surface area contributed by atoms with Crippen LogP contribution < -0.4 is 0 Å². The predicted molar refractivity (Wildman–Crippen MR) is 40.8 cm³/mol. The second-order valence-corrected chi connectivity index (χ2v) is 2.04. The maximum atomic E-state index is 13.2. The van der Waals surface area contributed by atoms with Crippen LogP contribution in [-0.2, 0) is 0 Å². The van der Waals surface area contributed by atoms with Gasteiger partial charge in [0.25, 0.3) is 0 Å². The van der Waals surface area contributed by atoms with Gasteiger partial charge in [0.05, 0.1) is 20.9 Å². The highest BCUT2D eigenvalue weighted by molar-refractivity contribution is 6.33. The quantitative estimate of drug-likeness (QED) is 0.398. The smallest absolute Gasteiger partial charge is 0.133 e. The first-order valence-electron chi connectivity index (χ1n) is 4.12. The Balaban J connectivity index is 3.59. The van der Waals surface area contributed by atoms with Crippen LogP contribution in [0.15, 0.2) is 23.3 Å². The number of benzene rings is 1. The maximum Gasteiger partial charge on any atom is 0.133 e. The molecule has 11 heavy (non-hydrogen) atoms. The summed E-state index contributed by atoms with van der Waals surface area (Å²) < 4.78 is 34.7. The van der Waals surface area contributed by atoms with E-state index >= 15 is 0 Å². The monoisotopic (exact) mass is 176 g/mol. The molecule has 58 valence electrons. The van der Waals surface area contributed by atoms with Gasteiger partial charge in [0.15, 0.2) is 0 Å². The molecule has 0 amide bonds. The summed E-state index contributed by atoms with van der Waals surface area (Å²) in [4.78, 5) is 0. The molecular formula is C7H5ClFNO. The lowest BCUT2D eigenvalue weighted by Gasteiger charge is -1.96. The lowest BCUT2D eigenvalue weighted by molar-refractivity contribution is 0.321. The molecule has 0 atom stereocenters. The minimum atomic E-state index is -1.08. The Hall–Kier alpha value is -1.09. The molecule has 0 saturated carbocycles. The van der Waals surface area contributed by atoms with Crippen molar-refractivity contribution >= 4 is 17.8 Å². The predicted octanol–water partition coefficient (Wildman–Crippen LogP) is 2.29. The zero-order valence-electron chi connectivity index (χ0n) is 8.23. The average molecular weight is 177 g/mol. The van der Waals surface area contributed by atoms with Crippen LogP contribution in [0.1, 0.15) is 9.68 Å². The molecule has 0 aromatic heterocycles. The molecule has 0 aliphatic carbocycles. The summed E-state index contributed by atoms with van der Waals surface area (Å²) in [6.45, 7) is 0. The van der Waals surface area contributed by atoms with E-state index in [0.29, 0.717) is 6.21 Å². The molecule has 1 aromatic carbocycles. The van der Waals surface area contributed by atoms with Gasteiger partial charge in [-0.15, -0.1) is 0 Å². The SMILES string of the molecule is [2H]c1c([2H])c(F)c(/C=N/O)c(Cl)c1[2H]. The van der Waals surface area contributed by atoms with Gasteiger partial charge in [-0.3, -0.25) is 0 Å². The van der Waals surface area contributed by atoms with E-state index in [0.717, 1.165) is 0 Å². The van der Waals surface area contributed by atoms with Crippen LogP contribution in [0.2, 0.25) is 5.02 Å². The molecule has 0 spiro atoms. The van der Waals surface area contributed by atoms with Gasteiger partial charge in [-0.05, 0) is 12.1 Å². The second kappa shape index (κ2) is 3.34. The van der Waals surface area contributed by atoms with Gasteiger partial charge < -0.3 is 5.21 Å². The molecule has 4 heteroatoms. The Kier molecular flexibility index (Phi) is 1.44. The first-order valence-corrected chi connectivity index (χ1v) is 3.00. The van der Waals surface area contributed by atoms with Crippen LogP contribution in [0.5, 0.6) is 0 Å². The third-order valence-corrected chi connectivity index (χ3v) is 1.30. The van der Waals surface area contributed by atoms with Crippen molar-refractivity contribution in [2.45, 2.75) is 0 Å². The molecule has 1 aromatic rings. The van der Waals surface area contributed by atoms with Crippen molar-refractivity contribution in [3.05, 3.63) is 34.5 Å². The molecule has 0 saturated heterocycles. The molecule has 1 N–H and O–H groups in total. The highest BCUT2D eigenvalue weighted by atomic mass is 35.5. The fourth-order valence-electron chi connectivity index (χ4n) is 0.543. The Labute approximate surface area is 72.1 Å². The summed E-state index contributed by atoms with van der Waals surface area (Å²) in [5.41, 5.74) is -0.361. The fraction of sp³-hybridized carbons (Fsp3) is 0. The van der Waals surface area contributed by atoms with Crippen molar-refractivity contribution in [2.75, 3.05) is 0 Å². The minimum absolute atomic E-state index is 0.346. The maximum absolute atomic E-state index is 13.2. The Bertz CT molecular complexity index is 381. The lowest BCUT2D eigenvalue weighted by atomic mass is 10.2. The van der Waals surface area contributed by atoms with Crippen LogP contribution in [0.4, 0.5) is 4.39 Å². The van der Waals surface area contributed by atoms with E-state index in [9.17, 15) is 4.39 Å². The first-order chi connectivity index (χ1) is 6.50. The summed E-state index contributed by atoms with van der Waals surface area (Å²) in [5.74, 6) is -1.08. The van der Waals surface area contributed by atoms with Crippen LogP contribution in [-0.4, -0.2) is 11.4 Å². The van der Waals surface area contributed by atoms with Crippen LogP contribution in [0.25, 0.3) is 0 Å². The van der Waals surface area contributed by atoms with Crippen molar-refractivity contribution in [1.29, 1.82) is 0 Å². The van der Waals surface area contributed by atoms with Crippen LogP contribution in [0.3, 0.4) is 0 Å². The topological polar surface area (TPSA) is 32.6 Å². The Morgan fingerprint density at radius 1 is 1.73 bits per heavy atom. The third-order valence-electron chi connectivity index (χ3n) is 1.00. The summed E-state index contributed by atoms with van der Waals surface area (Å²) in [6, 6.07) is -1.80. The largest absolute Gasteiger partial charge is 0.411 e. The Morgan fingerprint density at radius 3 is 3.09 bits per heavy atom. The highest BCUT2D eigenvalue weighted by Gasteiger charge is 2.02. The molecule has 1 rings (SSSR count). The molecule has 2 nitrogen and oxygen atoms in total. The van der Waals surface area contributed by atoms with Gasteiger partial charge in [-0.1, -0.05) is 22.8 Å². The molecule has 0 aliphatic heterocycles. The number of rotatable bonds is 1. The van der Waals surface area contributed by atoms with E-state index in [4.69, 9.17) is 20.9 Å². The average Bonchev–Trinajstić information content (AvgIpc) is 2.19. The van der Waals surface area contributed by atoms with Crippen molar-refractivity contribution < 1.29 is 13.7 Å². The summed E-state index contributed by atoms with van der Waals surface area (Å²) in [7, 11) is 0. The molecule has 0 fully saturated rings. The Morgan fingerprint density at radius 2 is 2.45 bits per heavy atom. The normalized spacial score (nSPS) is 14.5. The summed E-state index contributed by atoms with van der Waals surface area (Å²) in [6.07, 6.45) is 0.688. The van der Waals surface area contributed by atoms with Crippen LogP contribution in [0, 0.1) is 5.82 Å². The van der Waals surface area contributed by atoms with Crippen LogP contribution >= 0.6 is 11.6 Å². The number of halogens is 2. The molecule has 0 bridgehead atoms. The zero-order valence-corrected chi connectivity index (χ0v) is 5.98. The summed E-state index contributed by atoms with van der Waals surface area (Å²) >= 11 is 5.52. The number of oxime groups is 1. The molecule has 0 unspecified atom stereocenters. The van der Waals surface area contributed by atoms with E-state index in [2.05, 4.69) is 5.16 Å². The van der Waals surface area contributed by atoms with Crippen molar-refractivity contribution in [2.24, 2.45) is 5.16 Å². The van der Waals surface area contributed by atoms with E-state index in [1.54, 1.807) is 0 Å². The van der Waals surface area contributed by atoms with Gasteiger partial charge in [0, 0.05) is 0 Å². The molecule has 0 aliphatic rings. The fourth-order valence-corrected chi connectivity index (χ4v) is 0.722. The van der Waals surface area contributed by atoms with E-state index in [1.807, 2.05) is 0 Å². The van der Waals surface area contributed by atoms with Crippen molar-refractivity contribution in [3.63, 3.8) is 0 Å². The van der Waals surface area contributed by atoms with Gasteiger partial charge in [-0.25, -0.2) is 4.39 Å². The van der Waals surface area contributed by atoms with E-state index in [1.165, 1.54) is 0 Å². The summed E-state index contributed by atoms with van der Waals surface area (Å²) in [5, 5.41) is 10.4. The first kappa shape index (κ1) is 4.72. The molecule has 0 radical (unpaired) electrons. The van der Waals surface area contributed by atoms with Gasteiger partial charge in [-0.2, -0.15) is 0 Å². The third kappa shape index (κ3) is 1.68. The van der Waals surface area contributed by atoms with E-state index < -0.39 is 23.9 Å². The van der Waals surface area contributed by atoms with Gasteiger partial charge in [0.1, 0.15) is 5.82 Å². The standard InChI is InChI=1S/C7H5ClFNO/c8-6-2-1-3-7(9)5(6)4-10-11/h1-4,11H/b10-4+/i1D,2D,3D.